The van der Waals surface area contributed by atoms with Crippen molar-refractivity contribution >= 4 is 0 Å². The molecule has 4 heteroatoms. The highest BCUT2D eigenvalue weighted by Crippen LogP contribution is 2.16. The average Bonchev–Trinajstić information content (AvgIpc) is 2.79. The first-order chi connectivity index (χ1) is 8.70. The zero-order chi connectivity index (χ0) is 13.0. The van der Waals surface area contributed by atoms with Gasteiger partial charge < -0.3 is 15.0 Å². The summed E-state index contributed by atoms with van der Waals surface area (Å²) in [5, 5.41) is 3.27. The summed E-state index contributed by atoms with van der Waals surface area (Å²) in [7, 11) is 3.99. The van der Waals surface area contributed by atoms with Gasteiger partial charge in [-0.3, -0.25) is 0 Å². The number of hydrogen-bond donors (Lipinski definition) is 1. The second-order valence-electron chi connectivity index (χ2n) is 4.98. The van der Waals surface area contributed by atoms with Gasteiger partial charge in [-0.1, -0.05) is 18.2 Å². The van der Waals surface area contributed by atoms with Gasteiger partial charge in [0.2, 0.25) is 0 Å². The smallest absolute Gasteiger partial charge is 0.127 e. The molecule has 2 rings (SSSR count). The molecule has 0 bridgehead atoms. The lowest BCUT2D eigenvalue weighted by Crippen LogP contribution is -2.38. The van der Waals surface area contributed by atoms with Crippen LogP contribution in [0.4, 0.5) is 4.39 Å². The number of nitrogens with one attached hydrogen (secondary N) is 1. The van der Waals surface area contributed by atoms with E-state index in [9.17, 15) is 4.39 Å². The van der Waals surface area contributed by atoms with Crippen LogP contribution in [0.5, 0.6) is 0 Å². The van der Waals surface area contributed by atoms with Crippen molar-refractivity contribution in [3.63, 3.8) is 0 Å². The third-order valence-corrected chi connectivity index (χ3v) is 3.51. The average molecular weight is 252 g/mol. The van der Waals surface area contributed by atoms with E-state index in [-0.39, 0.29) is 5.82 Å². The minimum atomic E-state index is -0.128. The van der Waals surface area contributed by atoms with E-state index in [1.165, 1.54) is 6.07 Å². The molecule has 1 aliphatic rings. The van der Waals surface area contributed by atoms with Gasteiger partial charge in [-0.25, -0.2) is 4.39 Å². The first kappa shape index (κ1) is 13.5. The maximum absolute atomic E-state index is 13.5. The van der Waals surface area contributed by atoms with Crippen molar-refractivity contribution in [2.75, 3.05) is 33.9 Å². The Labute approximate surface area is 108 Å². The van der Waals surface area contributed by atoms with Crippen LogP contribution in [-0.4, -0.2) is 44.8 Å². The maximum atomic E-state index is 13.5. The molecule has 2 atom stereocenters. The van der Waals surface area contributed by atoms with Crippen molar-refractivity contribution < 1.29 is 9.13 Å². The number of rotatable bonds is 5. The van der Waals surface area contributed by atoms with Crippen molar-refractivity contribution in [1.82, 2.24) is 10.2 Å². The fraction of sp³-hybridized carbons (Fsp3) is 0.571. The molecule has 1 saturated heterocycles. The molecular weight excluding hydrogens is 231 g/mol. The van der Waals surface area contributed by atoms with E-state index in [4.69, 9.17) is 4.74 Å². The minimum absolute atomic E-state index is 0.128. The molecule has 0 aromatic heterocycles. The molecule has 0 spiro atoms. The Balaban J connectivity index is 1.89. The molecule has 18 heavy (non-hydrogen) atoms. The van der Waals surface area contributed by atoms with Gasteiger partial charge in [0.1, 0.15) is 5.82 Å². The topological polar surface area (TPSA) is 24.5 Å². The molecule has 1 aromatic rings. The first-order valence-corrected chi connectivity index (χ1v) is 6.37. The molecule has 3 nitrogen and oxygen atoms in total. The van der Waals surface area contributed by atoms with Crippen LogP contribution < -0.4 is 5.32 Å². The molecule has 0 amide bonds. The molecule has 2 unspecified atom stereocenters. The van der Waals surface area contributed by atoms with E-state index in [1.807, 2.05) is 26.2 Å². The van der Waals surface area contributed by atoms with Gasteiger partial charge in [0, 0.05) is 30.6 Å². The van der Waals surface area contributed by atoms with Crippen LogP contribution in [0.1, 0.15) is 5.56 Å². The van der Waals surface area contributed by atoms with E-state index in [2.05, 4.69) is 10.2 Å². The van der Waals surface area contributed by atoms with Crippen LogP contribution in [0, 0.1) is 11.7 Å². The monoisotopic (exact) mass is 252 g/mol. The fourth-order valence-electron chi connectivity index (χ4n) is 2.48. The van der Waals surface area contributed by atoms with Crippen molar-refractivity contribution in [2.24, 2.45) is 5.92 Å². The summed E-state index contributed by atoms with van der Waals surface area (Å²) in [5.41, 5.74) is 0.750. The predicted molar refractivity (Wildman–Crippen MR) is 69.9 cm³/mol. The highest BCUT2D eigenvalue weighted by molar-refractivity contribution is 5.17. The van der Waals surface area contributed by atoms with Crippen LogP contribution >= 0.6 is 0 Å². The largest absolute Gasteiger partial charge is 0.379 e. The molecule has 0 saturated carbocycles. The van der Waals surface area contributed by atoms with Gasteiger partial charge in [0.15, 0.2) is 0 Å². The van der Waals surface area contributed by atoms with Crippen LogP contribution in [0.3, 0.4) is 0 Å². The minimum Gasteiger partial charge on any atom is -0.379 e. The van der Waals surface area contributed by atoms with Gasteiger partial charge >= 0.3 is 0 Å². The summed E-state index contributed by atoms with van der Waals surface area (Å²) in [6, 6.07) is 7.36. The van der Waals surface area contributed by atoms with Crippen LogP contribution in [0.15, 0.2) is 24.3 Å². The summed E-state index contributed by atoms with van der Waals surface area (Å²) >= 11 is 0. The van der Waals surface area contributed by atoms with Crippen LogP contribution in [-0.2, 0) is 11.3 Å². The SMILES string of the molecule is CNC1COCC1CN(C)Cc1ccccc1F. The summed E-state index contributed by atoms with van der Waals surface area (Å²) in [6.45, 7) is 3.11. The number of hydrogen-bond acceptors (Lipinski definition) is 3. The predicted octanol–water partition coefficient (Wildman–Crippen LogP) is 1.49. The molecule has 1 aliphatic heterocycles. The molecule has 0 radical (unpaired) electrons. The highest BCUT2D eigenvalue weighted by Gasteiger charge is 2.27. The van der Waals surface area contributed by atoms with E-state index in [0.717, 1.165) is 25.3 Å². The molecule has 1 N–H and O–H groups in total. The van der Waals surface area contributed by atoms with Crippen molar-refractivity contribution in [3.05, 3.63) is 35.6 Å². The standard InChI is InChI=1S/C14H21FN2O/c1-16-14-10-18-9-12(14)8-17(2)7-11-5-3-4-6-13(11)15/h3-6,12,14,16H,7-10H2,1-2H3. The fourth-order valence-corrected chi connectivity index (χ4v) is 2.48. The second-order valence-corrected chi connectivity index (χ2v) is 4.98. The molecular formula is C14H21FN2O. The Morgan fingerprint density at radius 2 is 2.17 bits per heavy atom. The van der Waals surface area contributed by atoms with Crippen LogP contribution in [0.25, 0.3) is 0 Å². The zero-order valence-electron chi connectivity index (χ0n) is 11.0. The molecule has 0 aliphatic carbocycles. The Hall–Kier alpha value is -0.970. The Morgan fingerprint density at radius 1 is 1.39 bits per heavy atom. The summed E-state index contributed by atoms with van der Waals surface area (Å²) in [5.74, 6) is 0.351. The Bertz CT molecular complexity index is 386. The van der Waals surface area contributed by atoms with Crippen molar-refractivity contribution in [2.45, 2.75) is 12.6 Å². The number of nitrogens with zero attached hydrogens (tertiary/aromatic N) is 1. The maximum Gasteiger partial charge on any atom is 0.127 e. The Kier molecular flexibility index (Phi) is 4.69. The van der Waals surface area contributed by atoms with Crippen molar-refractivity contribution in [3.8, 4) is 0 Å². The number of benzene rings is 1. The molecule has 1 heterocycles. The van der Waals surface area contributed by atoms with Gasteiger partial charge in [0.05, 0.1) is 13.2 Å². The summed E-state index contributed by atoms with van der Waals surface area (Å²) in [4.78, 5) is 2.15. The van der Waals surface area contributed by atoms with E-state index in [0.29, 0.717) is 18.5 Å². The van der Waals surface area contributed by atoms with E-state index in [1.54, 1.807) is 6.07 Å². The van der Waals surface area contributed by atoms with Gasteiger partial charge in [-0.2, -0.15) is 0 Å². The molecule has 1 fully saturated rings. The second kappa shape index (κ2) is 6.27. The quantitative estimate of drug-likeness (QED) is 0.859. The molecule has 1 aromatic carbocycles. The Morgan fingerprint density at radius 3 is 2.89 bits per heavy atom. The number of halogens is 1. The third kappa shape index (κ3) is 3.28. The lowest BCUT2D eigenvalue weighted by molar-refractivity contribution is 0.172. The van der Waals surface area contributed by atoms with Gasteiger partial charge in [0.25, 0.3) is 0 Å². The van der Waals surface area contributed by atoms with E-state index >= 15 is 0 Å². The lowest BCUT2D eigenvalue weighted by atomic mass is 10.0. The van der Waals surface area contributed by atoms with E-state index < -0.39 is 0 Å². The number of likely N-dealkylation sites (N-methyl/N-ethyl adjacent to an activating group) is 1. The summed E-state index contributed by atoms with van der Waals surface area (Å²) < 4.78 is 19.0. The highest BCUT2D eigenvalue weighted by atomic mass is 19.1. The lowest BCUT2D eigenvalue weighted by Gasteiger charge is -2.24. The normalized spacial score (nSPS) is 23.8. The number of ether oxygens (including phenoxy) is 1. The van der Waals surface area contributed by atoms with Crippen LogP contribution in [0.2, 0.25) is 0 Å². The van der Waals surface area contributed by atoms with Gasteiger partial charge in [-0.05, 0) is 20.2 Å². The third-order valence-electron chi connectivity index (χ3n) is 3.51. The molecule has 100 valence electrons. The van der Waals surface area contributed by atoms with Crippen molar-refractivity contribution in [1.29, 1.82) is 0 Å². The summed E-state index contributed by atoms with van der Waals surface area (Å²) in [6.07, 6.45) is 0. The van der Waals surface area contributed by atoms with Gasteiger partial charge in [-0.15, -0.1) is 0 Å². The first-order valence-electron chi connectivity index (χ1n) is 6.37. The zero-order valence-corrected chi connectivity index (χ0v) is 11.0.